The van der Waals surface area contributed by atoms with E-state index in [0.717, 1.165) is 11.8 Å². The molecule has 1 amide bonds. The smallest absolute Gasteiger partial charge is 0.243 e. The second-order valence-corrected chi connectivity index (χ2v) is 8.28. The van der Waals surface area contributed by atoms with Gasteiger partial charge in [0.1, 0.15) is 6.04 Å². The molecule has 2 aromatic carbocycles. The van der Waals surface area contributed by atoms with Crippen molar-refractivity contribution in [3.05, 3.63) is 65.2 Å². The number of para-hydroxylation sites is 1. The Morgan fingerprint density at radius 3 is 2.27 bits per heavy atom. The van der Waals surface area contributed by atoms with E-state index in [4.69, 9.17) is 11.6 Å². The van der Waals surface area contributed by atoms with Crippen molar-refractivity contribution in [2.45, 2.75) is 25.8 Å². The quantitative estimate of drug-likeness (QED) is 0.747. The van der Waals surface area contributed by atoms with Gasteiger partial charge in [0, 0.05) is 11.6 Å². The van der Waals surface area contributed by atoms with E-state index < -0.39 is 16.1 Å². The summed E-state index contributed by atoms with van der Waals surface area (Å²) in [5.74, 6) is -0.309. The highest BCUT2D eigenvalue weighted by atomic mass is 35.5. The lowest BCUT2D eigenvalue weighted by Crippen LogP contribution is -2.49. The van der Waals surface area contributed by atoms with Crippen LogP contribution in [-0.2, 0) is 21.2 Å². The Bertz CT molecular complexity index is 824. The monoisotopic (exact) mass is 394 g/mol. The van der Waals surface area contributed by atoms with E-state index in [-0.39, 0.29) is 5.91 Å². The number of carbonyl (C=O) groups is 1. The van der Waals surface area contributed by atoms with E-state index in [2.05, 4.69) is 5.32 Å². The van der Waals surface area contributed by atoms with Crippen LogP contribution in [0, 0.1) is 0 Å². The van der Waals surface area contributed by atoms with Gasteiger partial charge in [-0.1, -0.05) is 48.9 Å². The molecule has 0 radical (unpaired) electrons. The third kappa shape index (κ3) is 5.47. The van der Waals surface area contributed by atoms with Gasteiger partial charge < -0.3 is 5.32 Å². The normalized spacial score (nSPS) is 12.4. The molecular weight excluding hydrogens is 372 g/mol. The zero-order chi connectivity index (χ0) is 19.2. The van der Waals surface area contributed by atoms with Crippen LogP contribution in [-0.4, -0.2) is 33.2 Å². The minimum Gasteiger partial charge on any atom is -0.354 e. The number of hydrogen-bond acceptors (Lipinski definition) is 3. The molecule has 0 bridgehead atoms. The SMILES string of the molecule is CCC(C(=O)NCCc1ccc(Cl)cc1)N(c1ccccc1)S(C)(=O)=O. The first-order valence-electron chi connectivity index (χ1n) is 8.39. The summed E-state index contributed by atoms with van der Waals surface area (Å²) in [7, 11) is -3.60. The van der Waals surface area contributed by atoms with Crippen molar-refractivity contribution >= 4 is 33.2 Å². The van der Waals surface area contributed by atoms with Gasteiger partial charge in [-0.15, -0.1) is 0 Å². The summed E-state index contributed by atoms with van der Waals surface area (Å²) in [5.41, 5.74) is 1.53. The highest BCUT2D eigenvalue weighted by molar-refractivity contribution is 7.92. The van der Waals surface area contributed by atoms with Crippen LogP contribution < -0.4 is 9.62 Å². The molecule has 0 heterocycles. The third-order valence-electron chi connectivity index (χ3n) is 3.97. The van der Waals surface area contributed by atoms with Crippen molar-refractivity contribution in [1.82, 2.24) is 5.32 Å². The Labute approximate surface area is 160 Å². The molecule has 0 aliphatic carbocycles. The molecule has 0 saturated carbocycles. The molecule has 1 unspecified atom stereocenters. The number of rotatable bonds is 8. The van der Waals surface area contributed by atoms with Crippen LogP contribution in [0.15, 0.2) is 54.6 Å². The van der Waals surface area contributed by atoms with Gasteiger partial charge in [0.25, 0.3) is 0 Å². The van der Waals surface area contributed by atoms with Gasteiger partial charge >= 0.3 is 0 Å². The molecule has 5 nitrogen and oxygen atoms in total. The highest BCUT2D eigenvalue weighted by Gasteiger charge is 2.31. The summed E-state index contributed by atoms with van der Waals surface area (Å²) in [6.45, 7) is 2.22. The maximum Gasteiger partial charge on any atom is 0.243 e. The fourth-order valence-electron chi connectivity index (χ4n) is 2.73. The summed E-state index contributed by atoms with van der Waals surface area (Å²) >= 11 is 5.86. The van der Waals surface area contributed by atoms with Crippen molar-refractivity contribution in [1.29, 1.82) is 0 Å². The Morgan fingerprint density at radius 2 is 1.73 bits per heavy atom. The predicted octanol–water partition coefficient (Wildman–Crippen LogP) is 3.24. The Morgan fingerprint density at radius 1 is 1.12 bits per heavy atom. The van der Waals surface area contributed by atoms with Crippen LogP contribution in [0.3, 0.4) is 0 Å². The lowest BCUT2D eigenvalue weighted by atomic mass is 10.1. The third-order valence-corrected chi connectivity index (χ3v) is 5.40. The van der Waals surface area contributed by atoms with Crippen LogP contribution in [0.4, 0.5) is 5.69 Å². The molecule has 1 N–H and O–H groups in total. The van der Waals surface area contributed by atoms with Crippen LogP contribution in [0.25, 0.3) is 0 Å². The summed E-state index contributed by atoms with van der Waals surface area (Å²) in [4.78, 5) is 12.6. The average Bonchev–Trinajstić information content (AvgIpc) is 2.60. The fraction of sp³-hybridized carbons (Fsp3) is 0.316. The molecule has 2 aromatic rings. The lowest BCUT2D eigenvalue weighted by Gasteiger charge is -2.30. The van der Waals surface area contributed by atoms with Gasteiger partial charge in [-0.05, 0) is 42.7 Å². The lowest BCUT2D eigenvalue weighted by molar-refractivity contribution is -0.122. The number of nitrogens with zero attached hydrogens (tertiary/aromatic N) is 1. The molecule has 0 saturated heterocycles. The second-order valence-electron chi connectivity index (χ2n) is 5.99. The van der Waals surface area contributed by atoms with Crippen LogP contribution in [0.1, 0.15) is 18.9 Å². The van der Waals surface area contributed by atoms with Crippen LogP contribution >= 0.6 is 11.6 Å². The standard InChI is InChI=1S/C19H23ClN2O3S/c1-3-18(22(26(2,24)25)17-7-5-4-6-8-17)19(23)21-14-13-15-9-11-16(20)12-10-15/h4-12,18H,3,13-14H2,1-2H3,(H,21,23). The van der Waals surface area contributed by atoms with Crippen molar-refractivity contribution in [2.24, 2.45) is 0 Å². The fourth-order valence-corrected chi connectivity index (χ4v) is 4.07. The molecule has 1 atom stereocenters. The highest BCUT2D eigenvalue weighted by Crippen LogP contribution is 2.22. The van der Waals surface area contributed by atoms with E-state index in [1.54, 1.807) is 49.4 Å². The molecule has 7 heteroatoms. The van der Waals surface area contributed by atoms with Crippen LogP contribution in [0.5, 0.6) is 0 Å². The van der Waals surface area contributed by atoms with Gasteiger partial charge in [0.2, 0.25) is 15.9 Å². The largest absolute Gasteiger partial charge is 0.354 e. The van der Waals surface area contributed by atoms with Gasteiger partial charge in [-0.25, -0.2) is 8.42 Å². The Balaban J connectivity index is 2.09. The first-order valence-corrected chi connectivity index (χ1v) is 10.6. The van der Waals surface area contributed by atoms with Crippen LogP contribution in [0.2, 0.25) is 5.02 Å². The van der Waals surface area contributed by atoms with E-state index in [1.165, 1.54) is 4.31 Å². The first-order chi connectivity index (χ1) is 12.3. The zero-order valence-corrected chi connectivity index (χ0v) is 16.4. The maximum absolute atomic E-state index is 12.6. The number of amides is 1. The van der Waals surface area contributed by atoms with E-state index in [1.807, 2.05) is 12.1 Å². The van der Waals surface area contributed by atoms with E-state index in [9.17, 15) is 13.2 Å². The molecule has 2 rings (SSSR count). The summed E-state index contributed by atoms with van der Waals surface area (Å²) in [6.07, 6.45) is 2.13. The number of sulfonamides is 1. The Kier molecular flexibility index (Phi) is 7.06. The van der Waals surface area contributed by atoms with Crippen molar-refractivity contribution in [3.8, 4) is 0 Å². The van der Waals surface area contributed by atoms with E-state index in [0.29, 0.717) is 30.1 Å². The van der Waals surface area contributed by atoms with Crippen molar-refractivity contribution < 1.29 is 13.2 Å². The van der Waals surface area contributed by atoms with Gasteiger partial charge in [-0.3, -0.25) is 9.10 Å². The number of carbonyl (C=O) groups excluding carboxylic acids is 1. The summed E-state index contributed by atoms with van der Waals surface area (Å²) < 4.78 is 25.8. The number of anilines is 1. The molecule has 0 spiro atoms. The predicted molar refractivity (Wildman–Crippen MR) is 106 cm³/mol. The molecule has 0 aliphatic heterocycles. The van der Waals surface area contributed by atoms with Gasteiger partial charge in [0.05, 0.1) is 11.9 Å². The van der Waals surface area contributed by atoms with Crippen molar-refractivity contribution in [3.63, 3.8) is 0 Å². The molecule has 0 aromatic heterocycles. The average molecular weight is 395 g/mol. The molecule has 140 valence electrons. The zero-order valence-electron chi connectivity index (χ0n) is 14.9. The topological polar surface area (TPSA) is 66.5 Å². The second kappa shape index (κ2) is 9.05. The maximum atomic E-state index is 12.6. The van der Waals surface area contributed by atoms with Gasteiger partial charge in [-0.2, -0.15) is 0 Å². The first kappa shape index (κ1) is 20.3. The Hall–Kier alpha value is -2.05. The minimum atomic E-state index is -3.60. The molecule has 0 aliphatic rings. The number of hydrogen-bond donors (Lipinski definition) is 1. The molecular formula is C19H23ClN2O3S. The summed E-state index contributed by atoms with van der Waals surface area (Å²) in [6, 6.07) is 15.3. The molecule has 26 heavy (non-hydrogen) atoms. The number of halogens is 1. The van der Waals surface area contributed by atoms with E-state index >= 15 is 0 Å². The summed E-state index contributed by atoms with van der Waals surface area (Å²) in [5, 5.41) is 3.50. The number of benzene rings is 2. The molecule has 0 fully saturated rings. The van der Waals surface area contributed by atoms with Crippen molar-refractivity contribution in [2.75, 3.05) is 17.1 Å². The minimum absolute atomic E-state index is 0.309. The number of nitrogens with one attached hydrogen (secondary N) is 1. The van der Waals surface area contributed by atoms with Gasteiger partial charge in [0.15, 0.2) is 0 Å².